The van der Waals surface area contributed by atoms with E-state index in [2.05, 4.69) is 20.8 Å². The van der Waals surface area contributed by atoms with Gasteiger partial charge in [0.1, 0.15) is 17.6 Å². The Hall–Kier alpha value is -4.21. The van der Waals surface area contributed by atoms with Crippen molar-refractivity contribution in [1.29, 1.82) is 0 Å². The minimum absolute atomic E-state index is 0.161. The van der Waals surface area contributed by atoms with Gasteiger partial charge in [0.25, 0.3) is 0 Å². The second-order valence-electron chi connectivity index (χ2n) is 8.46. The molecule has 1 atom stereocenters. The molecule has 0 aliphatic carbocycles. The van der Waals surface area contributed by atoms with E-state index in [1.807, 2.05) is 42.5 Å². The molecule has 3 N–H and O–H groups in total. The molecular weight excluding hydrogens is 450 g/mol. The summed E-state index contributed by atoms with van der Waals surface area (Å²) in [6.07, 6.45) is -0.156. The van der Waals surface area contributed by atoms with E-state index in [0.717, 1.165) is 34.0 Å². The molecule has 182 valence electrons. The van der Waals surface area contributed by atoms with Crippen LogP contribution in [0.1, 0.15) is 18.1 Å². The molecule has 0 radical (unpaired) electrons. The van der Waals surface area contributed by atoms with Crippen LogP contribution in [0, 0.1) is 0 Å². The Morgan fingerprint density at radius 2 is 2.09 bits per heavy atom. The molecule has 1 unspecified atom stereocenters. The number of H-pyrrole nitrogens is 1. The van der Waals surface area contributed by atoms with Crippen LogP contribution >= 0.6 is 0 Å². The van der Waals surface area contributed by atoms with Crippen molar-refractivity contribution in [3.8, 4) is 22.8 Å². The molecule has 2 amide bonds. The Morgan fingerprint density at radius 1 is 1.26 bits per heavy atom. The summed E-state index contributed by atoms with van der Waals surface area (Å²) in [6.45, 7) is 3.18. The monoisotopic (exact) mass is 477 g/mol. The second-order valence-corrected chi connectivity index (χ2v) is 8.46. The quantitative estimate of drug-likeness (QED) is 0.479. The van der Waals surface area contributed by atoms with Gasteiger partial charge in [-0.05, 0) is 29.8 Å². The third kappa shape index (κ3) is 4.72. The van der Waals surface area contributed by atoms with E-state index in [1.54, 1.807) is 12.0 Å². The van der Waals surface area contributed by atoms with Crippen LogP contribution < -0.4 is 25.0 Å². The molecule has 5 rings (SSSR count). The number of nitrogens with zero attached hydrogens (tertiary/aromatic N) is 2. The molecule has 1 saturated heterocycles. The molecule has 1 fully saturated rings. The van der Waals surface area contributed by atoms with Crippen molar-refractivity contribution in [2.75, 3.05) is 37.0 Å². The Bertz CT molecular complexity index is 1240. The van der Waals surface area contributed by atoms with E-state index in [0.29, 0.717) is 37.6 Å². The van der Waals surface area contributed by atoms with Crippen LogP contribution in [-0.4, -0.2) is 55.1 Å². The molecule has 2 aliphatic heterocycles. The van der Waals surface area contributed by atoms with Crippen molar-refractivity contribution in [2.45, 2.75) is 26.0 Å². The number of aromatic amines is 1. The van der Waals surface area contributed by atoms with Crippen molar-refractivity contribution >= 4 is 23.5 Å². The van der Waals surface area contributed by atoms with Gasteiger partial charge in [-0.2, -0.15) is 5.10 Å². The summed E-state index contributed by atoms with van der Waals surface area (Å²) in [5, 5.41) is 13.8. The van der Waals surface area contributed by atoms with Crippen molar-refractivity contribution in [1.82, 2.24) is 15.5 Å². The molecule has 3 aromatic rings. The van der Waals surface area contributed by atoms with E-state index >= 15 is 0 Å². The number of hydrogen-bond acceptors (Lipinski definition) is 7. The smallest absolute Gasteiger partial charge is 0.414 e. The highest BCUT2D eigenvalue weighted by atomic mass is 16.6. The summed E-state index contributed by atoms with van der Waals surface area (Å²) < 4.78 is 16.6. The van der Waals surface area contributed by atoms with Crippen LogP contribution in [-0.2, 0) is 22.5 Å². The Kier molecular flexibility index (Phi) is 6.17. The van der Waals surface area contributed by atoms with Gasteiger partial charge in [0.2, 0.25) is 5.91 Å². The number of hydrogen-bond donors (Lipinski definition) is 3. The van der Waals surface area contributed by atoms with Gasteiger partial charge in [-0.1, -0.05) is 12.1 Å². The maximum atomic E-state index is 12.4. The first-order valence-corrected chi connectivity index (χ1v) is 11.5. The molecule has 1 aromatic heterocycles. The van der Waals surface area contributed by atoms with Gasteiger partial charge in [0, 0.05) is 37.1 Å². The molecule has 2 aromatic carbocycles. The Morgan fingerprint density at radius 3 is 2.86 bits per heavy atom. The number of nitrogens with one attached hydrogen (secondary N) is 3. The lowest BCUT2D eigenvalue weighted by atomic mass is 10.0. The first kappa shape index (κ1) is 22.6. The Balaban J connectivity index is 1.32. The van der Waals surface area contributed by atoms with Crippen LogP contribution in [0.4, 0.5) is 16.3 Å². The molecule has 0 bridgehead atoms. The maximum Gasteiger partial charge on any atom is 0.414 e. The van der Waals surface area contributed by atoms with Gasteiger partial charge in [-0.25, -0.2) is 4.79 Å². The van der Waals surface area contributed by atoms with Gasteiger partial charge < -0.3 is 24.8 Å². The third-order valence-electron chi connectivity index (χ3n) is 6.09. The van der Waals surface area contributed by atoms with Crippen molar-refractivity contribution in [3.63, 3.8) is 0 Å². The SMILES string of the molecule is COc1ccc(CNc2n[nH]c3c2CCOc2cc(N4CC(CNC(C)=O)OC4=O)ccc2-3)cc1. The van der Waals surface area contributed by atoms with Crippen molar-refractivity contribution < 1.29 is 23.8 Å². The summed E-state index contributed by atoms with van der Waals surface area (Å²) in [5.41, 5.74) is 4.63. The summed E-state index contributed by atoms with van der Waals surface area (Å²) in [4.78, 5) is 25.1. The number of aromatic nitrogens is 2. The van der Waals surface area contributed by atoms with Gasteiger partial charge >= 0.3 is 6.09 Å². The first-order chi connectivity index (χ1) is 17.0. The fourth-order valence-corrected chi connectivity index (χ4v) is 4.27. The zero-order valence-electron chi connectivity index (χ0n) is 19.6. The van der Waals surface area contributed by atoms with Gasteiger partial charge in [0.05, 0.1) is 38.2 Å². The van der Waals surface area contributed by atoms with E-state index < -0.39 is 12.2 Å². The minimum Gasteiger partial charge on any atom is -0.497 e. The molecule has 0 saturated carbocycles. The molecule has 10 heteroatoms. The molecule has 35 heavy (non-hydrogen) atoms. The number of benzene rings is 2. The van der Waals surface area contributed by atoms with Crippen LogP contribution in [0.15, 0.2) is 42.5 Å². The fourth-order valence-electron chi connectivity index (χ4n) is 4.27. The number of anilines is 2. The van der Waals surface area contributed by atoms with Crippen molar-refractivity contribution in [3.05, 3.63) is 53.6 Å². The molecular formula is C25H27N5O5. The highest BCUT2D eigenvalue weighted by Gasteiger charge is 2.33. The van der Waals surface area contributed by atoms with Gasteiger partial charge in [0.15, 0.2) is 5.82 Å². The van der Waals surface area contributed by atoms with E-state index in [-0.39, 0.29) is 12.5 Å². The number of fused-ring (bicyclic) bond motifs is 3. The van der Waals surface area contributed by atoms with Crippen LogP contribution in [0.25, 0.3) is 11.3 Å². The summed E-state index contributed by atoms with van der Waals surface area (Å²) in [5.74, 6) is 2.12. The number of cyclic esters (lactones) is 1. The summed E-state index contributed by atoms with van der Waals surface area (Å²) in [7, 11) is 1.65. The highest BCUT2D eigenvalue weighted by molar-refractivity contribution is 5.91. The number of carbonyl (C=O) groups excluding carboxylic acids is 2. The number of ether oxygens (including phenoxy) is 3. The number of methoxy groups -OCH3 is 1. The predicted octanol–water partition coefficient (Wildman–Crippen LogP) is 3.09. The summed E-state index contributed by atoms with van der Waals surface area (Å²) >= 11 is 0. The normalized spacial score (nSPS) is 16.5. The number of amides is 2. The Labute approximate surface area is 202 Å². The molecule has 10 nitrogen and oxygen atoms in total. The number of carbonyl (C=O) groups is 2. The highest BCUT2D eigenvalue weighted by Crippen LogP contribution is 2.39. The van der Waals surface area contributed by atoms with Crippen LogP contribution in [0.5, 0.6) is 11.5 Å². The lowest BCUT2D eigenvalue weighted by Crippen LogP contribution is -2.33. The lowest BCUT2D eigenvalue weighted by Gasteiger charge is -2.16. The van der Waals surface area contributed by atoms with Crippen molar-refractivity contribution in [2.24, 2.45) is 0 Å². The van der Waals surface area contributed by atoms with Crippen LogP contribution in [0.3, 0.4) is 0 Å². The predicted molar refractivity (Wildman–Crippen MR) is 130 cm³/mol. The maximum absolute atomic E-state index is 12.4. The average Bonchev–Trinajstić information content (AvgIpc) is 3.39. The first-order valence-electron chi connectivity index (χ1n) is 11.5. The standard InChI is InChI=1S/C25H27N5O5/c1-15(31)26-13-19-14-30(25(32)35-19)17-5-8-20-22(11-17)34-10-9-21-23(20)28-29-24(21)27-12-16-3-6-18(33-2)7-4-16/h3-8,11,19H,9-10,12-14H2,1-2H3,(H,26,31)(H2,27,28,29). The second kappa shape index (κ2) is 9.57. The minimum atomic E-state index is -0.443. The van der Waals surface area contributed by atoms with Gasteiger partial charge in [-0.3, -0.25) is 14.8 Å². The van der Waals surface area contributed by atoms with E-state index in [1.165, 1.54) is 6.92 Å². The topological polar surface area (TPSA) is 118 Å². The third-order valence-corrected chi connectivity index (χ3v) is 6.09. The van der Waals surface area contributed by atoms with E-state index in [4.69, 9.17) is 14.2 Å². The molecule has 0 spiro atoms. The fraction of sp³-hybridized carbons (Fsp3) is 0.320. The van der Waals surface area contributed by atoms with Gasteiger partial charge in [-0.15, -0.1) is 0 Å². The largest absolute Gasteiger partial charge is 0.497 e. The zero-order chi connectivity index (χ0) is 24.4. The molecule has 3 heterocycles. The van der Waals surface area contributed by atoms with E-state index in [9.17, 15) is 9.59 Å². The average molecular weight is 478 g/mol. The lowest BCUT2D eigenvalue weighted by molar-refractivity contribution is -0.119. The van der Waals surface area contributed by atoms with Crippen LogP contribution in [0.2, 0.25) is 0 Å². The summed E-state index contributed by atoms with van der Waals surface area (Å²) in [6, 6.07) is 13.5. The zero-order valence-corrected chi connectivity index (χ0v) is 19.6. The number of rotatable bonds is 7. The molecule has 2 aliphatic rings.